The number of hydrogen-bond acceptors (Lipinski definition) is 5. The van der Waals surface area contributed by atoms with Gasteiger partial charge in [-0.15, -0.1) is 0 Å². The molecule has 0 radical (unpaired) electrons. The van der Waals surface area contributed by atoms with Crippen molar-refractivity contribution >= 4 is 65.3 Å². The first-order valence-corrected chi connectivity index (χ1v) is 10.5. The molecular weight excluding hydrogens is 408 g/mol. The fourth-order valence-electron chi connectivity index (χ4n) is 4.90. The number of rotatable bonds is 0. The lowest BCUT2D eigenvalue weighted by Gasteiger charge is -2.12. The molecule has 2 heterocycles. The smallest absolute Gasteiger partial charge is 0.177 e. The normalized spacial score (nSPS) is 11.6. The minimum absolute atomic E-state index is 0.0311. The van der Waals surface area contributed by atoms with Gasteiger partial charge in [0.2, 0.25) is 0 Å². The van der Waals surface area contributed by atoms with Crippen LogP contribution in [0.1, 0.15) is 11.4 Å². The third kappa shape index (κ3) is 2.28. The standard InChI is InChI=1S/C28H12N4O/c29-13-22-23(14-30)32-28-21-11-19-17-7-3-4-8-24(17)33-25(19)12-20(21)26-16-6-2-1-5-15(16)9-10-18(26)27(28)31-22/h1-12H. The lowest BCUT2D eigenvalue weighted by Crippen LogP contribution is -1.97. The Morgan fingerprint density at radius 1 is 0.576 bits per heavy atom. The zero-order valence-corrected chi connectivity index (χ0v) is 17.1. The molecule has 0 amide bonds. The van der Waals surface area contributed by atoms with Crippen LogP contribution in [0, 0.1) is 22.7 Å². The van der Waals surface area contributed by atoms with Gasteiger partial charge in [-0.1, -0.05) is 54.6 Å². The SMILES string of the molecule is N#Cc1nc2c3cc4c(cc3c3c5ccccc5ccc3c2nc1C#N)oc1ccccc14. The van der Waals surface area contributed by atoms with Gasteiger partial charge in [0.15, 0.2) is 11.4 Å². The van der Waals surface area contributed by atoms with Crippen LogP contribution in [0.15, 0.2) is 77.2 Å². The van der Waals surface area contributed by atoms with E-state index in [1.165, 1.54) is 0 Å². The number of nitriles is 2. The maximum atomic E-state index is 9.60. The molecule has 5 heteroatoms. The van der Waals surface area contributed by atoms with Gasteiger partial charge >= 0.3 is 0 Å². The van der Waals surface area contributed by atoms with Gasteiger partial charge in [-0.2, -0.15) is 10.5 Å². The number of fused-ring (bicyclic) bond motifs is 11. The van der Waals surface area contributed by atoms with Crippen molar-refractivity contribution in [2.45, 2.75) is 0 Å². The molecule has 0 atom stereocenters. The number of nitrogens with zero attached hydrogens (tertiary/aromatic N) is 4. The summed E-state index contributed by atoms with van der Waals surface area (Å²) in [5, 5.41) is 27.1. The van der Waals surface area contributed by atoms with Crippen molar-refractivity contribution in [2.75, 3.05) is 0 Å². The molecule has 33 heavy (non-hydrogen) atoms. The topological polar surface area (TPSA) is 86.5 Å². The van der Waals surface area contributed by atoms with Crippen molar-refractivity contribution < 1.29 is 4.42 Å². The van der Waals surface area contributed by atoms with Crippen LogP contribution in [0.3, 0.4) is 0 Å². The number of aromatic nitrogens is 2. The molecule has 0 N–H and O–H groups in total. The van der Waals surface area contributed by atoms with E-state index in [9.17, 15) is 10.5 Å². The first-order valence-electron chi connectivity index (χ1n) is 10.5. The van der Waals surface area contributed by atoms with E-state index in [1.54, 1.807) is 0 Å². The Kier molecular flexibility index (Phi) is 3.35. The molecule has 0 saturated carbocycles. The molecule has 0 aliphatic heterocycles. The Bertz CT molecular complexity index is 2060. The maximum absolute atomic E-state index is 9.60. The van der Waals surface area contributed by atoms with Gasteiger partial charge in [0.05, 0.1) is 11.0 Å². The highest BCUT2D eigenvalue weighted by molar-refractivity contribution is 6.32. The Hall–Kier alpha value is -5.00. The zero-order chi connectivity index (χ0) is 22.1. The molecule has 150 valence electrons. The van der Waals surface area contributed by atoms with Crippen molar-refractivity contribution in [3.05, 3.63) is 84.2 Å². The quantitative estimate of drug-likeness (QED) is 0.254. The molecule has 7 rings (SSSR count). The highest BCUT2D eigenvalue weighted by Crippen LogP contribution is 2.41. The van der Waals surface area contributed by atoms with Crippen molar-refractivity contribution in [3.63, 3.8) is 0 Å². The Morgan fingerprint density at radius 2 is 1.27 bits per heavy atom. The molecule has 5 aromatic carbocycles. The van der Waals surface area contributed by atoms with Gasteiger partial charge in [-0.05, 0) is 39.7 Å². The summed E-state index contributed by atoms with van der Waals surface area (Å²) in [4.78, 5) is 9.23. The zero-order valence-electron chi connectivity index (χ0n) is 17.1. The molecule has 0 aliphatic rings. The van der Waals surface area contributed by atoms with Crippen LogP contribution >= 0.6 is 0 Å². The second kappa shape index (κ2) is 6.26. The van der Waals surface area contributed by atoms with Crippen molar-refractivity contribution in [2.24, 2.45) is 0 Å². The third-order valence-corrected chi connectivity index (χ3v) is 6.33. The number of hydrogen-bond donors (Lipinski definition) is 0. The predicted octanol–water partition coefficient (Wildman–Crippen LogP) is 6.73. The van der Waals surface area contributed by atoms with E-state index in [-0.39, 0.29) is 11.4 Å². The van der Waals surface area contributed by atoms with E-state index < -0.39 is 0 Å². The lowest BCUT2D eigenvalue weighted by atomic mass is 9.93. The summed E-state index contributed by atoms with van der Waals surface area (Å²) in [5.74, 6) is 0. The minimum atomic E-state index is 0.0311. The average molecular weight is 420 g/mol. The van der Waals surface area contributed by atoms with Gasteiger partial charge < -0.3 is 4.42 Å². The maximum Gasteiger partial charge on any atom is 0.177 e. The molecule has 5 nitrogen and oxygen atoms in total. The summed E-state index contributed by atoms with van der Waals surface area (Å²) >= 11 is 0. The molecule has 0 aliphatic carbocycles. The van der Waals surface area contributed by atoms with Crippen LogP contribution in [-0.2, 0) is 0 Å². The number of furan rings is 1. The Balaban J connectivity index is 1.84. The molecule has 0 unspecified atom stereocenters. The summed E-state index contributed by atoms with van der Waals surface area (Å²) in [5.41, 5.74) is 2.90. The van der Waals surface area contributed by atoms with Crippen molar-refractivity contribution in [3.8, 4) is 12.1 Å². The molecule has 0 spiro atoms. The van der Waals surface area contributed by atoms with Gasteiger partial charge in [-0.25, -0.2) is 9.97 Å². The van der Waals surface area contributed by atoms with Gasteiger partial charge in [0.25, 0.3) is 0 Å². The van der Waals surface area contributed by atoms with Crippen LogP contribution in [-0.4, -0.2) is 9.97 Å². The largest absolute Gasteiger partial charge is 0.456 e. The van der Waals surface area contributed by atoms with E-state index in [0.29, 0.717) is 11.0 Å². The molecule has 0 saturated heterocycles. The summed E-state index contributed by atoms with van der Waals surface area (Å²) in [6.45, 7) is 0. The van der Waals surface area contributed by atoms with Crippen LogP contribution in [0.2, 0.25) is 0 Å². The first-order chi connectivity index (χ1) is 16.3. The Labute approximate surface area is 186 Å². The van der Waals surface area contributed by atoms with Crippen LogP contribution in [0.4, 0.5) is 0 Å². The molecule has 7 aromatic rings. The molecular formula is C28H12N4O. The van der Waals surface area contributed by atoms with E-state index in [2.05, 4.69) is 40.3 Å². The van der Waals surface area contributed by atoms with Gasteiger partial charge in [0, 0.05) is 21.5 Å². The fraction of sp³-hybridized carbons (Fsp3) is 0. The second-order valence-corrected chi connectivity index (χ2v) is 8.04. The van der Waals surface area contributed by atoms with E-state index in [0.717, 1.165) is 54.3 Å². The summed E-state index contributed by atoms with van der Waals surface area (Å²) < 4.78 is 6.18. The van der Waals surface area contributed by atoms with E-state index in [4.69, 9.17) is 4.42 Å². The first kappa shape index (κ1) is 17.7. The molecule has 0 fully saturated rings. The van der Waals surface area contributed by atoms with E-state index in [1.807, 2.05) is 54.6 Å². The number of benzene rings is 5. The summed E-state index contributed by atoms with van der Waals surface area (Å²) in [6.07, 6.45) is 0. The lowest BCUT2D eigenvalue weighted by molar-refractivity contribution is 0.669. The second-order valence-electron chi connectivity index (χ2n) is 8.04. The van der Waals surface area contributed by atoms with Crippen LogP contribution in [0.25, 0.3) is 65.3 Å². The highest BCUT2D eigenvalue weighted by atomic mass is 16.3. The highest BCUT2D eigenvalue weighted by Gasteiger charge is 2.19. The number of para-hydroxylation sites is 1. The predicted molar refractivity (Wildman–Crippen MR) is 129 cm³/mol. The average Bonchev–Trinajstić information content (AvgIpc) is 3.24. The van der Waals surface area contributed by atoms with E-state index >= 15 is 0 Å². The molecule has 2 aromatic heterocycles. The summed E-state index contributed by atoms with van der Waals surface area (Å²) in [6, 6.07) is 28.4. The minimum Gasteiger partial charge on any atom is -0.456 e. The Morgan fingerprint density at radius 3 is 2.06 bits per heavy atom. The third-order valence-electron chi connectivity index (χ3n) is 6.33. The van der Waals surface area contributed by atoms with Crippen LogP contribution < -0.4 is 0 Å². The summed E-state index contributed by atoms with van der Waals surface area (Å²) in [7, 11) is 0. The van der Waals surface area contributed by atoms with Gasteiger partial charge in [0.1, 0.15) is 23.3 Å². The monoisotopic (exact) mass is 420 g/mol. The fourth-order valence-corrected chi connectivity index (χ4v) is 4.90. The van der Waals surface area contributed by atoms with Gasteiger partial charge in [-0.3, -0.25) is 0 Å². The molecule has 0 bridgehead atoms. The van der Waals surface area contributed by atoms with Crippen LogP contribution in [0.5, 0.6) is 0 Å². The van der Waals surface area contributed by atoms with Crippen molar-refractivity contribution in [1.82, 2.24) is 9.97 Å². The van der Waals surface area contributed by atoms with Crippen molar-refractivity contribution in [1.29, 1.82) is 10.5 Å².